The largest absolute Gasteiger partial charge is 0.493 e. The predicted molar refractivity (Wildman–Crippen MR) is 179 cm³/mol. The van der Waals surface area contributed by atoms with Crippen LogP contribution in [0.15, 0.2) is 55.4 Å². The van der Waals surface area contributed by atoms with E-state index in [1.165, 1.54) is 12.4 Å². The van der Waals surface area contributed by atoms with Gasteiger partial charge in [-0.2, -0.15) is 0 Å². The van der Waals surface area contributed by atoms with Gasteiger partial charge in [-0.3, -0.25) is 14.5 Å². The van der Waals surface area contributed by atoms with E-state index in [0.29, 0.717) is 34.9 Å². The van der Waals surface area contributed by atoms with E-state index >= 15 is 0 Å². The normalized spacial score (nSPS) is 15.8. The van der Waals surface area contributed by atoms with Crippen LogP contribution in [-0.4, -0.2) is 86.1 Å². The molecule has 2 aliphatic heterocycles. The number of carboxylic acid groups (broad SMARTS) is 1. The number of aryl methyl sites for hydroxylation is 2. The second-order valence-electron chi connectivity index (χ2n) is 11.9. The Labute approximate surface area is 273 Å². The van der Waals surface area contributed by atoms with E-state index in [4.69, 9.17) is 25.1 Å². The highest BCUT2D eigenvalue weighted by molar-refractivity contribution is 6.03. The number of aromatic nitrogens is 4. The van der Waals surface area contributed by atoms with Gasteiger partial charge in [0.25, 0.3) is 6.47 Å². The molecule has 0 spiro atoms. The molecule has 2 saturated heterocycles. The number of methoxy groups -OCH3 is 1. The number of amides is 1. The Kier molecular flexibility index (Phi) is 9.77. The molecule has 4 aromatic rings. The quantitative estimate of drug-likeness (QED) is 0.178. The van der Waals surface area contributed by atoms with Crippen molar-refractivity contribution in [2.24, 2.45) is 12.5 Å². The molecule has 0 radical (unpaired) electrons. The van der Waals surface area contributed by atoms with Crippen molar-refractivity contribution in [2.75, 3.05) is 39.0 Å². The molecule has 12 nitrogen and oxygen atoms in total. The van der Waals surface area contributed by atoms with Gasteiger partial charge in [-0.1, -0.05) is 24.6 Å². The first-order valence-corrected chi connectivity index (χ1v) is 15.3. The monoisotopic (exact) mass is 637 g/mol. The zero-order chi connectivity index (χ0) is 33.7. The molecule has 3 aromatic heterocycles. The topological polar surface area (TPSA) is 149 Å². The summed E-state index contributed by atoms with van der Waals surface area (Å²) in [5.74, 6) is 9.09. The summed E-state index contributed by atoms with van der Waals surface area (Å²) >= 11 is 0. The molecule has 12 heteroatoms. The fraction of sp³-hybridized carbons (Fsp3) is 0.343. The fourth-order valence-electron chi connectivity index (χ4n) is 6.28. The van der Waals surface area contributed by atoms with Crippen LogP contribution in [0, 0.1) is 24.2 Å². The first-order valence-electron chi connectivity index (χ1n) is 15.3. The second-order valence-corrected chi connectivity index (χ2v) is 11.9. The minimum absolute atomic E-state index is 0.0157. The van der Waals surface area contributed by atoms with Gasteiger partial charge in [-0.05, 0) is 62.4 Å². The summed E-state index contributed by atoms with van der Waals surface area (Å²) in [6.07, 6.45) is 4.81. The highest BCUT2D eigenvalue weighted by atomic mass is 16.5. The third-order valence-electron chi connectivity index (χ3n) is 8.58. The highest BCUT2D eigenvalue weighted by Crippen LogP contribution is 2.41. The summed E-state index contributed by atoms with van der Waals surface area (Å²) in [7, 11) is 3.56. The van der Waals surface area contributed by atoms with Crippen LogP contribution in [0.25, 0.3) is 22.2 Å². The number of fused-ring (bicyclic) bond motifs is 1. The maximum atomic E-state index is 12.0. The molecule has 244 valence electrons. The van der Waals surface area contributed by atoms with Crippen molar-refractivity contribution in [1.29, 1.82) is 0 Å². The summed E-state index contributed by atoms with van der Waals surface area (Å²) in [5.41, 5.74) is 10.4. The lowest BCUT2D eigenvalue weighted by Gasteiger charge is -2.50. The first-order chi connectivity index (χ1) is 22.6. The maximum Gasteiger partial charge on any atom is 0.290 e. The summed E-state index contributed by atoms with van der Waals surface area (Å²) < 4.78 is 13.8. The number of carbonyl (C=O) groups excluding carboxylic acids is 1. The van der Waals surface area contributed by atoms with Gasteiger partial charge >= 0.3 is 0 Å². The lowest BCUT2D eigenvalue weighted by Crippen LogP contribution is -2.60. The van der Waals surface area contributed by atoms with Crippen molar-refractivity contribution in [2.45, 2.75) is 32.7 Å². The van der Waals surface area contributed by atoms with Crippen molar-refractivity contribution >= 4 is 29.2 Å². The number of hydrogen-bond donors (Lipinski definition) is 2. The number of hydrogen-bond acceptors (Lipinski definition) is 9. The standard InChI is InChI=1S/C34H37N7O3.CH2O2/c1-6-29(42)40-16-13-24(14-17-40)41-19-34(3,20-41)15-12-25-30(31-32(35)36-21-37-33(31)39(25)4)23-10-11-26(27(18-23)43-5)44-28-9-7-8-22(2)38-28;2-1-3/h6-11,18,21,24H,1,13-14,16-17,19-20H2,2-5H3,(H2,35,36,37);1H,(H,2,3). The smallest absolute Gasteiger partial charge is 0.290 e. The Morgan fingerprint density at radius 1 is 1.17 bits per heavy atom. The molecule has 47 heavy (non-hydrogen) atoms. The van der Waals surface area contributed by atoms with Crippen molar-refractivity contribution in [3.8, 4) is 40.3 Å². The lowest BCUT2D eigenvalue weighted by atomic mass is 9.80. The summed E-state index contributed by atoms with van der Waals surface area (Å²) in [6, 6.07) is 11.9. The first kappa shape index (κ1) is 33.0. The van der Waals surface area contributed by atoms with Crippen LogP contribution >= 0.6 is 0 Å². The van der Waals surface area contributed by atoms with Crippen LogP contribution in [-0.2, 0) is 16.6 Å². The van der Waals surface area contributed by atoms with E-state index in [-0.39, 0.29) is 17.8 Å². The van der Waals surface area contributed by atoms with Crippen molar-refractivity contribution < 1.29 is 24.2 Å². The molecule has 1 amide bonds. The van der Waals surface area contributed by atoms with E-state index in [2.05, 4.69) is 45.2 Å². The SMILES string of the molecule is C=CC(=O)N1CCC(N2CC(C)(C#Cc3c(-c4ccc(Oc5cccc(C)n5)c(OC)c4)c4c(N)ncnc4n3C)C2)CC1.O=CO. The van der Waals surface area contributed by atoms with E-state index < -0.39 is 0 Å². The number of benzene rings is 1. The number of likely N-dealkylation sites (tertiary alicyclic amines) is 2. The van der Waals surface area contributed by atoms with Gasteiger partial charge in [0.15, 0.2) is 11.5 Å². The second kappa shape index (κ2) is 13.9. The Bertz CT molecular complexity index is 1860. The highest BCUT2D eigenvalue weighted by Gasteiger charge is 2.41. The molecule has 0 saturated carbocycles. The molecule has 0 atom stereocenters. The lowest BCUT2D eigenvalue weighted by molar-refractivity contribution is -0.128. The molecular weight excluding hydrogens is 598 g/mol. The fourth-order valence-corrected chi connectivity index (χ4v) is 6.28. The third-order valence-corrected chi connectivity index (χ3v) is 8.58. The van der Waals surface area contributed by atoms with E-state index in [1.807, 2.05) is 59.8 Å². The summed E-state index contributed by atoms with van der Waals surface area (Å²) in [6.45, 7) is 10.8. The van der Waals surface area contributed by atoms with Gasteiger partial charge in [0.2, 0.25) is 11.8 Å². The van der Waals surface area contributed by atoms with Gasteiger partial charge in [0.05, 0.1) is 17.9 Å². The Morgan fingerprint density at radius 2 is 1.89 bits per heavy atom. The van der Waals surface area contributed by atoms with Crippen molar-refractivity contribution in [1.82, 2.24) is 29.3 Å². The van der Waals surface area contributed by atoms with Gasteiger partial charge in [0, 0.05) is 56.6 Å². The molecule has 0 unspecified atom stereocenters. The molecule has 2 fully saturated rings. The Morgan fingerprint density at radius 3 is 2.55 bits per heavy atom. The average Bonchev–Trinajstić information content (AvgIpc) is 3.35. The molecule has 3 N–H and O–H groups in total. The minimum Gasteiger partial charge on any atom is -0.493 e. The molecule has 1 aromatic carbocycles. The number of carbonyl (C=O) groups is 2. The number of rotatable bonds is 6. The number of piperidine rings is 1. The molecule has 0 bridgehead atoms. The summed E-state index contributed by atoms with van der Waals surface area (Å²) in [5, 5.41) is 7.64. The Hall–Kier alpha value is -5.41. The molecule has 6 rings (SSSR count). The zero-order valence-electron chi connectivity index (χ0n) is 27.1. The van der Waals surface area contributed by atoms with Crippen LogP contribution in [0.1, 0.15) is 31.2 Å². The third kappa shape index (κ3) is 6.90. The average molecular weight is 638 g/mol. The van der Waals surface area contributed by atoms with Crippen molar-refractivity contribution in [3.63, 3.8) is 0 Å². The number of ether oxygens (including phenoxy) is 2. The molecule has 2 aliphatic rings. The van der Waals surface area contributed by atoms with Crippen LogP contribution in [0.2, 0.25) is 0 Å². The maximum absolute atomic E-state index is 12.0. The number of nitrogen functional groups attached to an aromatic ring is 1. The van der Waals surface area contributed by atoms with Crippen LogP contribution < -0.4 is 15.2 Å². The van der Waals surface area contributed by atoms with Gasteiger partial charge in [0.1, 0.15) is 23.5 Å². The zero-order valence-corrected chi connectivity index (χ0v) is 27.1. The van der Waals surface area contributed by atoms with E-state index in [9.17, 15) is 4.79 Å². The van der Waals surface area contributed by atoms with E-state index in [1.54, 1.807) is 7.11 Å². The predicted octanol–water partition coefficient (Wildman–Crippen LogP) is 4.27. The number of nitrogens with two attached hydrogens (primary N) is 1. The molecule has 0 aliphatic carbocycles. The van der Waals surface area contributed by atoms with Gasteiger partial charge < -0.3 is 29.8 Å². The molecule has 5 heterocycles. The van der Waals surface area contributed by atoms with Crippen molar-refractivity contribution in [3.05, 3.63) is 66.8 Å². The number of pyridine rings is 1. The Balaban J connectivity index is 0.00000139. The number of anilines is 1. The number of nitrogens with zero attached hydrogens (tertiary/aromatic N) is 6. The van der Waals surface area contributed by atoms with Crippen LogP contribution in [0.3, 0.4) is 0 Å². The van der Waals surface area contributed by atoms with Gasteiger partial charge in [-0.15, -0.1) is 0 Å². The van der Waals surface area contributed by atoms with Crippen LogP contribution in [0.4, 0.5) is 5.82 Å². The summed E-state index contributed by atoms with van der Waals surface area (Å²) in [4.78, 5) is 38.0. The minimum atomic E-state index is -0.250. The molecular formula is C35H39N7O5. The van der Waals surface area contributed by atoms with E-state index in [0.717, 1.165) is 66.9 Å². The van der Waals surface area contributed by atoms with Crippen LogP contribution in [0.5, 0.6) is 17.4 Å². The van der Waals surface area contributed by atoms with Gasteiger partial charge in [-0.25, -0.2) is 15.0 Å².